The number of azide groups is 2. The Morgan fingerprint density at radius 1 is 0.923 bits per heavy atom. The van der Waals surface area contributed by atoms with Crippen LogP contribution in [0.2, 0.25) is 0 Å². The smallest absolute Gasteiger partial charge is 0.109 e. The molecule has 4 rings (SSSR count). The summed E-state index contributed by atoms with van der Waals surface area (Å²) in [6.07, 6.45) is 5.68. The van der Waals surface area contributed by atoms with Gasteiger partial charge in [0.2, 0.25) is 0 Å². The Morgan fingerprint density at radius 3 is 2.23 bits per heavy atom. The van der Waals surface area contributed by atoms with E-state index in [0.29, 0.717) is 29.9 Å². The average Bonchev–Trinajstić information content (AvgIpc) is 3.14. The summed E-state index contributed by atoms with van der Waals surface area (Å²) in [7, 11) is 0. The van der Waals surface area contributed by atoms with Gasteiger partial charge in [0.1, 0.15) is 5.54 Å². The molecule has 39 heavy (non-hydrogen) atoms. The van der Waals surface area contributed by atoms with Crippen molar-refractivity contribution >= 4 is 22.7 Å². The molecule has 0 atom stereocenters. The summed E-state index contributed by atoms with van der Waals surface area (Å²) in [5.74, 6) is 5.39. The van der Waals surface area contributed by atoms with E-state index in [1.165, 1.54) is 0 Å². The molecule has 198 valence electrons. The lowest BCUT2D eigenvalue weighted by Gasteiger charge is -2.37. The predicted octanol–water partition coefficient (Wildman–Crippen LogP) is 6.40. The first kappa shape index (κ1) is 27.1. The number of aliphatic imine (C=N–C) groups is 2. The van der Waals surface area contributed by atoms with Crippen LogP contribution >= 0.6 is 0 Å². The maximum absolute atomic E-state index is 8.74. The molecule has 1 fully saturated rings. The van der Waals surface area contributed by atoms with Crippen LogP contribution < -0.4 is 11.6 Å². The number of rotatable bonds is 11. The lowest BCUT2D eigenvalue weighted by molar-refractivity contribution is 0.242. The minimum atomic E-state index is -0.355. The van der Waals surface area contributed by atoms with E-state index in [4.69, 9.17) is 32.6 Å². The van der Waals surface area contributed by atoms with Crippen molar-refractivity contribution < 1.29 is 0 Å². The third-order valence-corrected chi connectivity index (χ3v) is 6.89. The average molecular weight is 523 g/mol. The Balaban J connectivity index is 1.76. The van der Waals surface area contributed by atoms with Crippen molar-refractivity contribution in [3.05, 3.63) is 104 Å². The first-order chi connectivity index (χ1) is 19.1. The molecule has 0 bridgehead atoms. The van der Waals surface area contributed by atoms with Crippen LogP contribution in [-0.4, -0.2) is 31.1 Å². The quantitative estimate of drug-likeness (QED) is 0.0859. The van der Waals surface area contributed by atoms with Gasteiger partial charge in [-0.1, -0.05) is 70.0 Å². The molecule has 4 N–H and O–H groups in total. The topological polar surface area (TPSA) is 199 Å². The molecule has 0 radical (unpaired) electrons. The van der Waals surface area contributed by atoms with Crippen molar-refractivity contribution in [1.29, 1.82) is 0 Å². The van der Waals surface area contributed by atoms with Crippen LogP contribution in [0.25, 0.3) is 32.2 Å². The van der Waals surface area contributed by atoms with Gasteiger partial charge in [-0.15, -0.1) is 0 Å². The minimum Gasteiger partial charge on any atom is -0.398 e. The number of nitrogens with two attached hydrogens (primary N) is 2. The second-order valence-electron chi connectivity index (χ2n) is 9.24. The van der Waals surface area contributed by atoms with Gasteiger partial charge >= 0.3 is 0 Å². The number of nitrogens with zero attached hydrogens (tertiary/aromatic N) is 10. The monoisotopic (exact) mass is 522 g/mol. The highest BCUT2D eigenvalue weighted by Gasteiger charge is 2.39. The zero-order valence-electron chi connectivity index (χ0n) is 21.6. The molecule has 2 aliphatic rings. The molecular weight excluding hydrogens is 492 g/mol. The highest BCUT2D eigenvalue weighted by molar-refractivity contribution is 6.31. The second kappa shape index (κ2) is 13.0. The molecule has 1 aliphatic heterocycles. The van der Waals surface area contributed by atoms with Gasteiger partial charge in [-0.25, -0.2) is 0 Å². The van der Waals surface area contributed by atoms with E-state index in [0.717, 1.165) is 47.2 Å². The third kappa shape index (κ3) is 6.51. The largest absolute Gasteiger partial charge is 0.398 e. The molecule has 1 heterocycles. The minimum absolute atomic E-state index is 0.256. The third-order valence-electron chi connectivity index (χ3n) is 6.89. The Morgan fingerprint density at radius 2 is 1.62 bits per heavy atom. The van der Waals surface area contributed by atoms with Gasteiger partial charge < -0.3 is 11.6 Å². The lowest BCUT2D eigenvalue weighted by atomic mass is 9.72. The first-order valence-corrected chi connectivity index (χ1v) is 12.7. The van der Waals surface area contributed by atoms with Crippen LogP contribution in [0.4, 0.5) is 0 Å². The Labute approximate surface area is 226 Å². The van der Waals surface area contributed by atoms with Crippen molar-refractivity contribution in [3.63, 3.8) is 0 Å². The number of hydrogen-bond donors (Lipinski definition) is 2. The van der Waals surface area contributed by atoms with Crippen LogP contribution in [0.1, 0.15) is 48.8 Å². The van der Waals surface area contributed by atoms with Gasteiger partial charge in [-0.05, 0) is 65.9 Å². The predicted molar refractivity (Wildman–Crippen MR) is 154 cm³/mol. The van der Waals surface area contributed by atoms with E-state index >= 15 is 0 Å². The van der Waals surface area contributed by atoms with E-state index in [-0.39, 0.29) is 25.2 Å². The van der Waals surface area contributed by atoms with Gasteiger partial charge in [0.25, 0.3) is 0 Å². The Kier molecular flexibility index (Phi) is 9.07. The fraction of sp³-hybridized carbons (Fsp3) is 0.333. The number of hydrogen-bond acceptors (Lipinski definition) is 7. The van der Waals surface area contributed by atoms with E-state index < -0.39 is 0 Å². The molecule has 0 aromatic heterocycles. The van der Waals surface area contributed by atoms with E-state index in [1.807, 2.05) is 60.7 Å². The van der Waals surface area contributed by atoms with E-state index in [2.05, 4.69) is 30.4 Å². The maximum Gasteiger partial charge on any atom is 0.109 e. The van der Waals surface area contributed by atoms with Crippen LogP contribution in [0.5, 0.6) is 0 Å². The Bertz CT molecular complexity index is 1420. The summed E-state index contributed by atoms with van der Waals surface area (Å²) in [6, 6.07) is 17.9. The zero-order chi connectivity index (χ0) is 27.5. The maximum atomic E-state index is 8.74. The summed E-state index contributed by atoms with van der Waals surface area (Å²) in [4.78, 5) is 15.4. The molecule has 0 saturated heterocycles. The van der Waals surface area contributed by atoms with Crippen LogP contribution in [0.15, 0.2) is 96.9 Å². The zero-order valence-corrected chi connectivity index (χ0v) is 21.6. The number of allylic oxidation sites excluding steroid dienone is 1. The Hall–Kier alpha value is -4.92. The first-order valence-electron chi connectivity index (χ1n) is 12.7. The van der Waals surface area contributed by atoms with Gasteiger partial charge in [-0.2, -0.15) is 5.11 Å². The molecule has 1 aliphatic carbocycles. The van der Waals surface area contributed by atoms with Gasteiger partial charge in [0.15, 0.2) is 0 Å². The summed E-state index contributed by atoms with van der Waals surface area (Å²) >= 11 is 0. The second-order valence-corrected chi connectivity index (χ2v) is 9.24. The highest BCUT2D eigenvalue weighted by Crippen LogP contribution is 2.45. The fourth-order valence-corrected chi connectivity index (χ4v) is 4.74. The van der Waals surface area contributed by atoms with E-state index in [1.54, 1.807) is 0 Å². The van der Waals surface area contributed by atoms with Gasteiger partial charge in [0.05, 0.1) is 12.3 Å². The van der Waals surface area contributed by atoms with Crippen molar-refractivity contribution in [2.45, 2.75) is 37.6 Å². The molecular formula is C27H30N12. The summed E-state index contributed by atoms with van der Waals surface area (Å²) in [5.41, 5.74) is 30.2. The summed E-state index contributed by atoms with van der Waals surface area (Å²) in [5, 5.41) is 15.2. The molecule has 2 aromatic carbocycles. The van der Waals surface area contributed by atoms with Crippen molar-refractivity contribution in [1.82, 2.24) is 0 Å². The SMILES string of the molecule is [N-]=[N+]=NCCC1=CC(CCN=[N+]=[N-])=NCC(C(=C(N)c2ccc(C3(N=NN)CCC3)cc2)c2ccccc2)=N1. The molecule has 12 nitrogen and oxygen atoms in total. The van der Waals surface area contributed by atoms with Crippen molar-refractivity contribution in [2.75, 3.05) is 19.6 Å². The highest BCUT2D eigenvalue weighted by atomic mass is 15.3. The number of benzene rings is 2. The molecule has 2 aromatic rings. The van der Waals surface area contributed by atoms with Gasteiger partial charge in [-0.3, -0.25) is 9.98 Å². The van der Waals surface area contributed by atoms with Crippen molar-refractivity contribution in [2.24, 2.45) is 42.1 Å². The van der Waals surface area contributed by atoms with Crippen LogP contribution in [0.3, 0.4) is 0 Å². The van der Waals surface area contributed by atoms with Crippen LogP contribution in [0, 0.1) is 0 Å². The summed E-state index contributed by atoms with van der Waals surface area (Å²) < 4.78 is 0. The van der Waals surface area contributed by atoms with Crippen molar-refractivity contribution in [3.8, 4) is 0 Å². The normalized spacial score (nSPS) is 16.9. The molecule has 1 saturated carbocycles. The fourth-order valence-electron chi connectivity index (χ4n) is 4.74. The summed E-state index contributed by atoms with van der Waals surface area (Å²) in [6.45, 7) is 0.827. The van der Waals surface area contributed by atoms with Gasteiger partial charge in [0, 0.05) is 45.6 Å². The van der Waals surface area contributed by atoms with E-state index in [9.17, 15) is 0 Å². The molecule has 0 spiro atoms. The van der Waals surface area contributed by atoms with Crippen LogP contribution in [-0.2, 0) is 5.54 Å². The molecule has 12 heteroatoms. The molecule has 0 unspecified atom stereocenters. The standard InChI is InChI=1S/C27H30N12/c28-26(20-7-9-21(10-8-20)27(36-39-31)13-4-14-27)25(19-5-2-1-3-6-19)24-18-32-22(11-15-33-37-29)17-23(35-24)12-16-34-38-30/h1-3,5-10,17H,4,11-16,18,28H2,(H2,31,36). The lowest BCUT2D eigenvalue weighted by Crippen LogP contribution is -2.31. The molecule has 0 amide bonds.